The van der Waals surface area contributed by atoms with Gasteiger partial charge in [0.05, 0.1) is 13.2 Å². The predicted molar refractivity (Wildman–Crippen MR) is 89.8 cm³/mol. The van der Waals surface area contributed by atoms with Crippen molar-refractivity contribution in [3.8, 4) is 5.75 Å². The predicted octanol–water partition coefficient (Wildman–Crippen LogP) is 4.17. The van der Waals surface area contributed by atoms with E-state index in [1.165, 1.54) is 12.0 Å². The zero-order chi connectivity index (χ0) is 15.2. The first-order valence-electron chi connectivity index (χ1n) is 7.77. The zero-order valence-electron chi connectivity index (χ0n) is 13.2. The summed E-state index contributed by atoms with van der Waals surface area (Å²) in [5.74, 6) is 2.08. The SMILES string of the molecule is COc1ccc(Br)c(C2OCCCC2CNCC(C)C)c1. The number of rotatable bonds is 6. The summed E-state index contributed by atoms with van der Waals surface area (Å²) >= 11 is 3.66. The number of hydrogen-bond acceptors (Lipinski definition) is 3. The molecule has 0 saturated carbocycles. The average Bonchev–Trinajstić information content (AvgIpc) is 2.48. The standard InChI is InChI=1S/C17H26BrNO2/c1-12(2)10-19-11-13-5-4-8-21-17(13)15-9-14(20-3)6-7-16(15)18/h6-7,9,12-13,17,19H,4-5,8,10-11H2,1-3H3. The van der Waals surface area contributed by atoms with Crippen molar-refractivity contribution >= 4 is 15.9 Å². The highest BCUT2D eigenvalue weighted by molar-refractivity contribution is 9.10. The molecule has 4 heteroatoms. The molecule has 1 N–H and O–H groups in total. The van der Waals surface area contributed by atoms with E-state index < -0.39 is 0 Å². The highest BCUT2D eigenvalue weighted by Gasteiger charge is 2.29. The van der Waals surface area contributed by atoms with Crippen LogP contribution in [0.5, 0.6) is 5.75 Å². The maximum atomic E-state index is 6.09. The lowest BCUT2D eigenvalue weighted by atomic mass is 9.89. The maximum Gasteiger partial charge on any atom is 0.119 e. The maximum absolute atomic E-state index is 6.09. The molecule has 0 radical (unpaired) electrons. The van der Waals surface area contributed by atoms with Crippen LogP contribution < -0.4 is 10.1 Å². The van der Waals surface area contributed by atoms with E-state index in [-0.39, 0.29) is 6.10 Å². The summed E-state index contributed by atoms with van der Waals surface area (Å²) in [7, 11) is 1.70. The van der Waals surface area contributed by atoms with Gasteiger partial charge in [-0.05, 0) is 49.1 Å². The summed E-state index contributed by atoms with van der Waals surface area (Å²) in [6, 6.07) is 6.11. The number of hydrogen-bond donors (Lipinski definition) is 1. The third-order valence-corrected chi connectivity index (χ3v) is 4.64. The summed E-state index contributed by atoms with van der Waals surface area (Å²) in [5, 5.41) is 3.58. The molecule has 21 heavy (non-hydrogen) atoms. The van der Waals surface area contributed by atoms with Crippen LogP contribution >= 0.6 is 15.9 Å². The van der Waals surface area contributed by atoms with Crippen LogP contribution in [0.25, 0.3) is 0 Å². The molecule has 1 saturated heterocycles. The van der Waals surface area contributed by atoms with Gasteiger partial charge in [0.1, 0.15) is 5.75 Å². The molecule has 0 aromatic heterocycles. The molecule has 2 unspecified atom stereocenters. The van der Waals surface area contributed by atoms with Crippen molar-refractivity contribution in [3.63, 3.8) is 0 Å². The van der Waals surface area contributed by atoms with E-state index in [1.54, 1.807) is 7.11 Å². The fourth-order valence-corrected chi connectivity index (χ4v) is 3.29. The Morgan fingerprint density at radius 2 is 2.24 bits per heavy atom. The second-order valence-corrected chi connectivity index (χ2v) is 6.99. The van der Waals surface area contributed by atoms with Crippen molar-refractivity contribution in [1.82, 2.24) is 5.32 Å². The average molecular weight is 356 g/mol. The number of halogens is 1. The van der Waals surface area contributed by atoms with E-state index in [0.29, 0.717) is 11.8 Å². The van der Waals surface area contributed by atoms with E-state index in [4.69, 9.17) is 9.47 Å². The minimum absolute atomic E-state index is 0.142. The molecular weight excluding hydrogens is 330 g/mol. The van der Waals surface area contributed by atoms with Gasteiger partial charge >= 0.3 is 0 Å². The molecule has 1 aromatic carbocycles. The lowest BCUT2D eigenvalue weighted by Gasteiger charge is -2.33. The fraction of sp³-hybridized carbons (Fsp3) is 0.647. The molecule has 118 valence electrons. The van der Waals surface area contributed by atoms with Crippen LogP contribution in [0.15, 0.2) is 22.7 Å². The topological polar surface area (TPSA) is 30.5 Å². The second kappa shape index (κ2) is 8.16. The van der Waals surface area contributed by atoms with Gasteiger partial charge in [0.2, 0.25) is 0 Å². The van der Waals surface area contributed by atoms with Crippen LogP contribution in [-0.4, -0.2) is 26.8 Å². The molecule has 2 atom stereocenters. The third-order valence-electron chi connectivity index (χ3n) is 3.91. The molecule has 0 spiro atoms. The van der Waals surface area contributed by atoms with Crippen molar-refractivity contribution in [3.05, 3.63) is 28.2 Å². The van der Waals surface area contributed by atoms with E-state index in [0.717, 1.165) is 36.3 Å². The van der Waals surface area contributed by atoms with Crippen LogP contribution in [-0.2, 0) is 4.74 Å². The molecule has 3 nitrogen and oxygen atoms in total. The molecule has 0 amide bonds. The highest BCUT2D eigenvalue weighted by atomic mass is 79.9. The van der Waals surface area contributed by atoms with Crippen molar-refractivity contribution in [2.45, 2.75) is 32.8 Å². The fourth-order valence-electron chi connectivity index (χ4n) is 2.82. The van der Waals surface area contributed by atoms with Gasteiger partial charge in [-0.25, -0.2) is 0 Å². The summed E-state index contributed by atoms with van der Waals surface area (Å²) in [6.07, 6.45) is 2.49. The van der Waals surface area contributed by atoms with Crippen molar-refractivity contribution in [2.75, 3.05) is 26.8 Å². The molecule has 1 heterocycles. The van der Waals surface area contributed by atoms with E-state index in [9.17, 15) is 0 Å². The van der Waals surface area contributed by atoms with Crippen LogP contribution in [0.4, 0.5) is 0 Å². The summed E-state index contributed by atoms with van der Waals surface area (Å²) in [6.45, 7) is 7.38. The Morgan fingerprint density at radius 1 is 1.43 bits per heavy atom. The van der Waals surface area contributed by atoms with Gasteiger partial charge in [0, 0.05) is 23.5 Å². The molecule has 1 aromatic rings. The first-order chi connectivity index (χ1) is 10.1. The minimum Gasteiger partial charge on any atom is -0.497 e. The largest absolute Gasteiger partial charge is 0.497 e. The molecule has 0 bridgehead atoms. The number of nitrogens with one attached hydrogen (secondary N) is 1. The lowest BCUT2D eigenvalue weighted by molar-refractivity contribution is -0.0283. The van der Waals surface area contributed by atoms with Crippen LogP contribution in [0, 0.1) is 11.8 Å². The van der Waals surface area contributed by atoms with E-state index in [2.05, 4.69) is 41.2 Å². The third kappa shape index (κ3) is 4.70. The minimum atomic E-state index is 0.142. The molecule has 1 aliphatic heterocycles. The Hall–Kier alpha value is -0.580. The Bertz CT molecular complexity index is 450. The van der Waals surface area contributed by atoms with Gasteiger partial charge in [-0.2, -0.15) is 0 Å². The Balaban J connectivity index is 2.10. The Kier molecular flexibility index (Phi) is 6.52. The summed E-state index contributed by atoms with van der Waals surface area (Å²) in [4.78, 5) is 0. The first-order valence-corrected chi connectivity index (χ1v) is 8.57. The van der Waals surface area contributed by atoms with Gasteiger partial charge in [0.25, 0.3) is 0 Å². The van der Waals surface area contributed by atoms with Gasteiger partial charge < -0.3 is 14.8 Å². The Labute approximate surface area is 136 Å². The molecule has 1 fully saturated rings. The summed E-state index contributed by atoms with van der Waals surface area (Å²) < 4.78 is 12.5. The van der Waals surface area contributed by atoms with Crippen LogP contribution in [0.3, 0.4) is 0 Å². The molecule has 1 aliphatic rings. The number of ether oxygens (including phenoxy) is 2. The van der Waals surface area contributed by atoms with Crippen LogP contribution in [0.2, 0.25) is 0 Å². The first kappa shape index (κ1) is 16.8. The zero-order valence-corrected chi connectivity index (χ0v) is 14.8. The van der Waals surface area contributed by atoms with E-state index in [1.807, 2.05) is 12.1 Å². The van der Waals surface area contributed by atoms with Gasteiger partial charge in [0.15, 0.2) is 0 Å². The number of benzene rings is 1. The molecule has 0 aliphatic carbocycles. The van der Waals surface area contributed by atoms with Crippen molar-refractivity contribution in [1.29, 1.82) is 0 Å². The van der Waals surface area contributed by atoms with Gasteiger partial charge in [-0.3, -0.25) is 0 Å². The molecular formula is C17H26BrNO2. The van der Waals surface area contributed by atoms with Crippen molar-refractivity contribution < 1.29 is 9.47 Å². The smallest absolute Gasteiger partial charge is 0.119 e. The second-order valence-electron chi connectivity index (χ2n) is 6.13. The highest BCUT2D eigenvalue weighted by Crippen LogP contribution is 2.38. The quantitative estimate of drug-likeness (QED) is 0.830. The summed E-state index contributed by atoms with van der Waals surface area (Å²) in [5.41, 5.74) is 1.20. The Morgan fingerprint density at radius 3 is 2.95 bits per heavy atom. The lowest BCUT2D eigenvalue weighted by Crippen LogP contribution is -2.33. The number of methoxy groups -OCH3 is 1. The van der Waals surface area contributed by atoms with Crippen LogP contribution in [0.1, 0.15) is 38.4 Å². The van der Waals surface area contributed by atoms with Gasteiger partial charge in [-0.15, -0.1) is 0 Å². The van der Waals surface area contributed by atoms with Gasteiger partial charge in [-0.1, -0.05) is 29.8 Å². The normalized spacial score (nSPS) is 22.5. The monoisotopic (exact) mass is 355 g/mol. The molecule has 2 rings (SSSR count). The van der Waals surface area contributed by atoms with Crippen molar-refractivity contribution in [2.24, 2.45) is 11.8 Å². The van der Waals surface area contributed by atoms with E-state index >= 15 is 0 Å².